The number of nitrogens with zero attached hydrogens (tertiary/aromatic N) is 2. The largest absolute Gasteiger partial charge is 0.324 e. The molecule has 3 amide bonds. The Morgan fingerprint density at radius 3 is 2.78 bits per heavy atom. The first-order valence-corrected chi connectivity index (χ1v) is 9.99. The molecule has 4 heterocycles. The van der Waals surface area contributed by atoms with Crippen LogP contribution in [0, 0.1) is 18.8 Å². The van der Waals surface area contributed by atoms with Crippen LogP contribution >= 0.6 is 0 Å². The first-order chi connectivity index (χ1) is 12.9. The predicted molar refractivity (Wildman–Crippen MR) is 99.8 cm³/mol. The summed E-state index contributed by atoms with van der Waals surface area (Å²) in [4.78, 5) is 43.9. The molecule has 1 N–H and O–H groups in total. The van der Waals surface area contributed by atoms with E-state index in [1.165, 1.54) is 4.90 Å². The Kier molecular flexibility index (Phi) is 3.39. The smallest absolute Gasteiger partial charge is 0.250 e. The Morgan fingerprint density at radius 1 is 1.26 bits per heavy atom. The number of anilines is 1. The zero-order valence-corrected chi connectivity index (χ0v) is 16.0. The van der Waals surface area contributed by atoms with Crippen LogP contribution in [0.25, 0.3) is 0 Å². The molecule has 1 aromatic carbocycles. The molecular weight excluding hydrogens is 342 g/mol. The Bertz CT molecular complexity index is 881. The van der Waals surface area contributed by atoms with E-state index in [0.717, 1.165) is 42.6 Å². The lowest BCUT2D eigenvalue weighted by molar-refractivity contribution is -0.147. The fraction of sp³-hybridized carbons (Fsp3) is 0.571. The molecule has 4 aliphatic rings. The van der Waals surface area contributed by atoms with Crippen molar-refractivity contribution < 1.29 is 14.4 Å². The number of carbonyl (C=O) groups is 3. The molecule has 1 aromatic rings. The average molecular weight is 367 g/mol. The number of fused-ring (bicyclic) bond motifs is 7. The summed E-state index contributed by atoms with van der Waals surface area (Å²) >= 11 is 0. The first-order valence-electron chi connectivity index (χ1n) is 9.99. The van der Waals surface area contributed by atoms with E-state index in [0.29, 0.717) is 0 Å². The second-order valence-corrected chi connectivity index (χ2v) is 8.43. The molecule has 5 atom stereocenters. The Hall–Kier alpha value is -2.21. The highest BCUT2D eigenvalue weighted by Gasteiger charge is 2.74. The van der Waals surface area contributed by atoms with Crippen LogP contribution in [0.3, 0.4) is 0 Å². The lowest BCUT2D eigenvalue weighted by Crippen LogP contribution is -2.54. The van der Waals surface area contributed by atoms with Crippen LogP contribution in [0.15, 0.2) is 18.2 Å². The van der Waals surface area contributed by atoms with E-state index in [4.69, 9.17) is 0 Å². The molecule has 6 heteroatoms. The molecule has 142 valence electrons. The number of benzene rings is 1. The van der Waals surface area contributed by atoms with E-state index in [2.05, 4.69) is 10.2 Å². The Labute approximate surface area is 158 Å². The fourth-order valence-electron chi connectivity index (χ4n) is 6.02. The van der Waals surface area contributed by atoms with Crippen molar-refractivity contribution in [3.8, 4) is 0 Å². The fourth-order valence-corrected chi connectivity index (χ4v) is 6.02. The molecule has 4 aliphatic heterocycles. The van der Waals surface area contributed by atoms with Gasteiger partial charge in [0.15, 0.2) is 0 Å². The zero-order valence-electron chi connectivity index (χ0n) is 16.0. The maximum atomic E-state index is 13.5. The summed E-state index contributed by atoms with van der Waals surface area (Å²) in [6.07, 6.45) is 2.54. The second kappa shape index (κ2) is 5.41. The van der Waals surface area contributed by atoms with Gasteiger partial charge in [0, 0.05) is 23.3 Å². The molecule has 3 fully saturated rings. The predicted octanol–water partition coefficient (Wildman–Crippen LogP) is 2.02. The van der Waals surface area contributed by atoms with Gasteiger partial charge in [0.05, 0.1) is 11.8 Å². The number of hydrogen-bond donors (Lipinski definition) is 1. The van der Waals surface area contributed by atoms with Gasteiger partial charge in [0.2, 0.25) is 17.7 Å². The highest BCUT2D eigenvalue weighted by Crippen LogP contribution is 2.60. The van der Waals surface area contributed by atoms with E-state index in [1.54, 1.807) is 0 Å². The number of carbonyl (C=O) groups excluding carboxylic acids is 3. The lowest BCUT2D eigenvalue weighted by Gasteiger charge is -2.37. The molecule has 1 spiro atoms. The molecule has 6 nitrogen and oxygen atoms in total. The number of para-hydroxylation sites is 1. The minimum atomic E-state index is -1.04. The molecule has 0 radical (unpaired) electrons. The minimum Gasteiger partial charge on any atom is -0.324 e. The van der Waals surface area contributed by atoms with E-state index in [1.807, 2.05) is 39.0 Å². The van der Waals surface area contributed by atoms with Crippen molar-refractivity contribution in [3.63, 3.8) is 0 Å². The second-order valence-electron chi connectivity index (χ2n) is 8.43. The van der Waals surface area contributed by atoms with E-state index in [9.17, 15) is 14.4 Å². The van der Waals surface area contributed by atoms with Crippen molar-refractivity contribution in [1.82, 2.24) is 9.80 Å². The van der Waals surface area contributed by atoms with Crippen molar-refractivity contribution in [3.05, 3.63) is 29.3 Å². The summed E-state index contributed by atoms with van der Waals surface area (Å²) in [5, 5.41) is 3.05. The number of amides is 3. The van der Waals surface area contributed by atoms with Crippen molar-refractivity contribution in [1.29, 1.82) is 0 Å². The van der Waals surface area contributed by atoms with Gasteiger partial charge >= 0.3 is 0 Å². The summed E-state index contributed by atoms with van der Waals surface area (Å²) in [7, 11) is 0. The van der Waals surface area contributed by atoms with Crippen molar-refractivity contribution in [2.24, 2.45) is 11.8 Å². The van der Waals surface area contributed by atoms with Crippen LogP contribution in [-0.4, -0.2) is 46.1 Å². The third kappa shape index (κ3) is 1.77. The van der Waals surface area contributed by atoms with Gasteiger partial charge in [-0.15, -0.1) is 0 Å². The molecule has 5 unspecified atom stereocenters. The van der Waals surface area contributed by atoms with Gasteiger partial charge < -0.3 is 5.32 Å². The number of aryl methyl sites for hydroxylation is 1. The average Bonchev–Trinajstić information content (AvgIpc) is 3.34. The van der Waals surface area contributed by atoms with Crippen molar-refractivity contribution in [2.75, 3.05) is 11.9 Å². The van der Waals surface area contributed by atoms with Gasteiger partial charge in [-0.05, 0) is 45.2 Å². The molecule has 0 bridgehead atoms. The highest BCUT2D eigenvalue weighted by molar-refractivity contribution is 6.15. The molecule has 0 saturated carbocycles. The Morgan fingerprint density at radius 2 is 2.04 bits per heavy atom. The van der Waals surface area contributed by atoms with Crippen LogP contribution in [0.4, 0.5) is 5.69 Å². The molecular formula is C21H25N3O3. The minimum absolute atomic E-state index is 0.0299. The molecule has 0 aromatic heterocycles. The number of hydrogen-bond acceptors (Lipinski definition) is 4. The number of rotatable bonds is 2. The summed E-state index contributed by atoms with van der Waals surface area (Å²) < 4.78 is 0. The van der Waals surface area contributed by atoms with Gasteiger partial charge in [-0.2, -0.15) is 0 Å². The van der Waals surface area contributed by atoms with Gasteiger partial charge in [0.25, 0.3) is 0 Å². The molecule has 0 aliphatic carbocycles. The number of nitrogens with one attached hydrogen (secondary N) is 1. The third-order valence-corrected chi connectivity index (χ3v) is 7.30. The standard InChI is InChI=1S/C21H25N3O3/c1-4-12(3)24-18(25)15-14-9-6-10-23(14)21(16(15)19(24)26)13-8-5-7-11(2)17(13)22-20(21)27/h5,7-8,12,14-16H,4,6,9-10H2,1-3H3,(H,22,27). The van der Waals surface area contributed by atoms with Crippen LogP contribution in [0.5, 0.6) is 0 Å². The Balaban J connectivity index is 1.74. The van der Waals surface area contributed by atoms with Crippen LogP contribution in [0.2, 0.25) is 0 Å². The third-order valence-electron chi connectivity index (χ3n) is 7.30. The van der Waals surface area contributed by atoms with Gasteiger partial charge in [-0.3, -0.25) is 24.2 Å². The van der Waals surface area contributed by atoms with E-state index in [-0.39, 0.29) is 29.8 Å². The summed E-state index contributed by atoms with van der Waals surface area (Å²) in [6, 6.07) is 5.71. The summed E-state index contributed by atoms with van der Waals surface area (Å²) in [5.74, 6) is -1.42. The SMILES string of the molecule is CCC(C)N1C(=O)C2C3CCCN3C3(C(=O)Nc4c(C)cccc43)C2C1=O. The van der Waals surface area contributed by atoms with Gasteiger partial charge in [-0.1, -0.05) is 25.1 Å². The van der Waals surface area contributed by atoms with Crippen molar-refractivity contribution >= 4 is 23.4 Å². The summed E-state index contributed by atoms with van der Waals surface area (Å²) in [6.45, 7) is 6.63. The number of imide groups is 1. The molecule has 3 saturated heterocycles. The van der Waals surface area contributed by atoms with Crippen LogP contribution in [-0.2, 0) is 19.9 Å². The maximum Gasteiger partial charge on any atom is 0.250 e. The monoisotopic (exact) mass is 367 g/mol. The lowest BCUT2D eigenvalue weighted by atomic mass is 9.75. The topological polar surface area (TPSA) is 69.7 Å². The zero-order chi connectivity index (χ0) is 19.1. The molecule has 27 heavy (non-hydrogen) atoms. The van der Waals surface area contributed by atoms with Gasteiger partial charge in [-0.25, -0.2) is 0 Å². The van der Waals surface area contributed by atoms with Gasteiger partial charge in [0.1, 0.15) is 5.54 Å². The maximum absolute atomic E-state index is 13.5. The number of likely N-dealkylation sites (tertiary alicyclic amines) is 1. The normalized spacial score (nSPS) is 35.6. The quantitative estimate of drug-likeness (QED) is 0.812. The van der Waals surface area contributed by atoms with Crippen LogP contribution in [0.1, 0.15) is 44.2 Å². The van der Waals surface area contributed by atoms with E-state index >= 15 is 0 Å². The van der Waals surface area contributed by atoms with Crippen molar-refractivity contribution in [2.45, 2.75) is 57.7 Å². The van der Waals surface area contributed by atoms with Crippen LogP contribution < -0.4 is 5.32 Å². The highest BCUT2D eigenvalue weighted by atomic mass is 16.2. The van der Waals surface area contributed by atoms with E-state index < -0.39 is 17.4 Å². The summed E-state index contributed by atoms with van der Waals surface area (Å²) in [5.41, 5.74) is 1.64. The molecule has 5 rings (SSSR count). The first kappa shape index (κ1) is 16.9.